The van der Waals surface area contributed by atoms with Crippen molar-refractivity contribution in [2.45, 2.75) is 12.7 Å². The van der Waals surface area contributed by atoms with Crippen LogP contribution in [0.4, 0.5) is 0 Å². The quantitative estimate of drug-likeness (QED) is 0.822. The van der Waals surface area contributed by atoms with Crippen LogP contribution in [0.2, 0.25) is 0 Å². The van der Waals surface area contributed by atoms with Gasteiger partial charge in [-0.15, -0.1) is 0 Å². The van der Waals surface area contributed by atoms with E-state index >= 15 is 0 Å². The molecule has 1 rings (SSSR count). The number of benzene rings is 1. The molecule has 0 saturated carbocycles. The van der Waals surface area contributed by atoms with Crippen LogP contribution in [0.25, 0.3) is 0 Å². The zero-order valence-electron chi connectivity index (χ0n) is 8.89. The molecule has 0 aliphatic rings. The zero-order chi connectivity index (χ0) is 11.3. The summed E-state index contributed by atoms with van der Waals surface area (Å²) in [5.74, 6) is 0.301. The fraction of sp³-hybridized carbons (Fsp3) is 0.455. The van der Waals surface area contributed by atoms with Crippen molar-refractivity contribution >= 4 is 9.84 Å². The topological polar surface area (TPSA) is 60.2 Å². The Morgan fingerprint density at radius 3 is 2.40 bits per heavy atom. The van der Waals surface area contributed by atoms with Crippen molar-refractivity contribution in [1.29, 1.82) is 0 Å². The van der Waals surface area contributed by atoms with Crippen LogP contribution in [0, 0.1) is 5.92 Å². The molecule has 15 heavy (non-hydrogen) atoms. The molecule has 0 aliphatic heterocycles. The van der Waals surface area contributed by atoms with Crippen LogP contribution in [0.1, 0.15) is 12.5 Å². The maximum absolute atomic E-state index is 11.7. The average molecular weight is 227 g/mol. The third-order valence-electron chi connectivity index (χ3n) is 2.17. The number of rotatable bonds is 5. The van der Waals surface area contributed by atoms with Crippen LogP contribution >= 0.6 is 0 Å². The smallest absolute Gasteiger partial charge is 0.154 e. The van der Waals surface area contributed by atoms with Crippen LogP contribution < -0.4 is 5.73 Å². The highest BCUT2D eigenvalue weighted by molar-refractivity contribution is 7.90. The van der Waals surface area contributed by atoms with Gasteiger partial charge in [-0.2, -0.15) is 0 Å². The zero-order valence-corrected chi connectivity index (χ0v) is 9.70. The third kappa shape index (κ3) is 4.44. The molecule has 0 aromatic heterocycles. The molecule has 2 N–H and O–H groups in total. The van der Waals surface area contributed by atoms with Crippen molar-refractivity contribution in [1.82, 2.24) is 0 Å². The van der Waals surface area contributed by atoms with Gasteiger partial charge in [0.15, 0.2) is 9.84 Å². The summed E-state index contributed by atoms with van der Waals surface area (Å²) in [6.07, 6.45) is 0. The molecule has 1 unspecified atom stereocenters. The van der Waals surface area contributed by atoms with Gasteiger partial charge in [-0.05, 0) is 18.0 Å². The monoisotopic (exact) mass is 227 g/mol. The van der Waals surface area contributed by atoms with Gasteiger partial charge in [-0.25, -0.2) is 8.42 Å². The van der Waals surface area contributed by atoms with Gasteiger partial charge in [-0.3, -0.25) is 0 Å². The van der Waals surface area contributed by atoms with E-state index in [1.807, 2.05) is 37.3 Å². The Morgan fingerprint density at radius 2 is 1.87 bits per heavy atom. The fourth-order valence-corrected chi connectivity index (χ4v) is 3.21. The van der Waals surface area contributed by atoms with E-state index in [9.17, 15) is 8.42 Å². The van der Waals surface area contributed by atoms with Crippen molar-refractivity contribution in [3.8, 4) is 0 Å². The molecule has 0 amide bonds. The average Bonchev–Trinajstić information content (AvgIpc) is 2.17. The van der Waals surface area contributed by atoms with E-state index in [1.54, 1.807) is 0 Å². The molecular formula is C11H17NO2S. The van der Waals surface area contributed by atoms with Gasteiger partial charge in [0, 0.05) is 0 Å². The van der Waals surface area contributed by atoms with Gasteiger partial charge < -0.3 is 5.73 Å². The van der Waals surface area contributed by atoms with Gasteiger partial charge in [0.1, 0.15) is 0 Å². The lowest BCUT2D eigenvalue weighted by molar-refractivity contribution is 0.573. The summed E-state index contributed by atoms with van der Waals surface area (Å²) in [5, 5.41) is 0. The molecule has 84 valence electrons. The summed E-state index contributed by atoms with van der Waals surface area (Å²) in [4.78, 5) is 0. The van der Waals surface area contributed by atoms with Crippen molar-refractivity contribution in [2.24, 2.45) is 11.7 Å². The second-order valence-electron chi connectivity index (χ2n) is 3.88. The molecule has 0 saturated heterocycles. The van der Waals surface area contributed by atoms with Gasteiger partial charge in [0.2, 0.25) is 0 Å². The highest BCUT2D eigenvalue weighted by Gasteiger charge is 2.15. The summed E-state index contributed by atoms with van der Waals surface area (Å²) in [5.41, 5.74) is 6.24. The van der Waals surface area contributed by atoms with Crippen molar-refractivity contribution in [2.75, 3.05) is 12.3 Å². The molecule has 0 radical (unpaired) electrons. The van der Waals surface area contributed by atoms with Gasteiger partial charge >= 0.3 is 0 Å². The first-order chi connectivity index (χ1) is 7.03. The molecule has 4 heteroatoms. The standard InChI is InChI=1S/C11H17NO2S/c1-10(7-12)8-15(13,14)9-11-5-3-2-4-6-11/h2-6,10H,7-9,12H2,1H3. The number of sulfone groups is 1. The molecule has 0 spiro atoms. The van der Waals surface area contributed by atoms with Crippen LogP contribution in [0.15, 0.2) is 30.3 Å². The van der Waals surface area contributed by atoms with E-state index in [4.69, 9.17) is 5.73 Å². The number of hydrogen-bond donors (Lipinski definition) is 1. The van der Waals surface area contributed by atoms with E-state index in [-0.39, 0.29) is 17.4 Å². The Bertz CT molecular complexity index is 386. The predicted octanol–water partition coefficient (Wildman–Crippen LogP) is 1.20. The van der Waals surface area contributed by atoms with E-state index in [2.05, 4.69) is 0 Å². The van der Waals surface area contributed by atoms with E-state index in [1.165, 1.54) is 0 Å². The molecule has 0 fully saturated rings. The Kier molecular flexibility index (Phi) is 4.29. The van der Waals surface area contributed by atoms with Crippen molar-refractivity contribution in [3.63, 3.8) is 0 Å². The van der Waals surface area contributed by atoms with Crippen LogP contribution in [0.3, 0.4) is 0 Å². The third-order valence-corrected chi connectivity index (χ3v) is 4.02. The highest BCUT2D eigenvalue weighted by Crippen LogP contribution is 2.09. The van der Waals surface area contributed by atoms with Crippen molar-refractivity contribution in [3.05, 3.63) is 35.9 Å². The molecule has 0 aliphatic carbocycles. The summed E-state index contributed by atoms with van der Waals surface area (Å²) < 4.78 is 23.4. The summed E-state index contributed by atoms with van der Waals surface area (Å²) in [6.45, 7) is 2.26. The molecule has 1 aromatic carbocycles. The van der Waals surface area contributed by atoms with Gasteiger partial charge in [0.25, 0.3) is 0 Å². The maximum Gasteiger partial charge on any atom is 0.154 e. The Morgan fingerprint density at radius 1 is 1.27 bits per heavy atom. The van der Waals surface area contributed by atoms with Crippen LogP contribution in [0.5, 0.6) is 0 Å². The van der Waals surface area contributed by atoms with E-state index in [0.29, 0.717) is 6.54 Å². The summed E-state index contributed by atoms with van der Waals surface area (Å²) in [6, 6.07) is 9.21. The summed E-state index contributed by atoms with van der Waals surface area (Å²) >= 11 is 0. The lowest BCUT2D eigenvalue weighted by Gasteiger charge is -2.09. The SMILES string of the molecule is CC(CN)CS(=O)(=O)Cc1ccccc1. The predicted molar refractivity (Wildman–Crippen MR) is 62.2 cm³/mol. The fourth-order valence-electron chi connectivity index (χ4n) is 1.39. The molecule has 0 bridgehead atoms. The number of nitrogens with two attached hydrogens (primary N) is 1. The van der Waals surface area contributed by atoms with Crippen LogP contribution in [-0.4, -0.2) is 20.7 Å². The Labute approximate surface area is 91.2 Å². The lowest BCUT2D eigenvalue weighted by atomic mass is 10.2. The Hall–Kier alpha value is -0.870. The van der Waals surface area contributed by atoms with E-state index in [0.717, 1.165) is 5.56 Å². The molecule has 1 atom stereocenters. The largest absolute Gasteiger partial charge is 0.330 e. The minimum atomic E-state index is -3.03. The molecule has 1 aromatic rings. The Balaban J connectivity index is 2.65. The molecule has 3 nitrogen and oxygen atoms in total. The molecule has 0 heterocycles. The highest BCUT2D eigenvalue weighted by atomic mass is 32.2. The number of hydrogen-bond acceptors (Lipinski definition) is 3. The van der Waals surface area contributed by atoms with E-state index < -0.39 is 9.84 Å². The lowest BCUT2D eigenvalue weighted by Crippen LogP contribution is -2.22. The first-order valence-electron chi connectivity index (χ1n) is 4.98. The minimum absolute atomic E-state index is 0.0266. The second-order valence-corrected chi connectivity index (χ2v) is 5.99. The molecular weight excluding hydrogens is 210 g/mol. The van der Waals surface area contributed by atoms with Crippen LogP contribution in [-0.2, 0) is 15.6 Å². The first kappa shape index (κ1) is 12.2. The second kappa shape index (κ2) is 5.28. The minimum Gasteiger partial charge on any atom is -0.330 e. The maximum atomic E-state index is 11.7. The first-order valence-corrected chi connectivity index (χ1v) is 6.80. The van der Waals surface area contributed by atoms with Crippen molar-refractivity contribution < 1.29 is 8.42 Å². The normalized spacial score (nSPS) is 13.7. The van der Waals surface area contributed by atoms with Gasteiger partial charge in [0.05, 0.1) is 11.5 Å². The van der Waals surface area contributed by atoms with Gasteiger partial charge in [-0.1, -0.05) is 37.3 Å². The summed E-state index contributed by atoms with van der Waals surface area (Å²) in [7, 11) is -3.03.